The van der Waals surface area contributed by atoms with Gasteiger partial charge in [0.15, 0.2) is 0 Å². The lowest BCUT2D eigenvalue weighted by Gasteiger charge is -2.08. The van der Waals surface area contributed by atoms with E-state index < -0.39 is 0 Å². The Morgan fingerprint density at radius 2 is 2.00 bits per heavy atom. The highest BCUT2D eigenvalue weighted by molar-refractivity contribution is 7.99. The van der Waals surface area contributed by atoms with Crippen molar-refractivity contribution in [3.63, 3.8) is 0 Å². The lowest BCUT2D eigenvalue weighted by atomic mass is 10.2. The van der Waals surface area contributed by atoms with E-state index in [1.807, 2.05) is 49.5 Å². The Labute approximate surface area is 111 Å². The predicted octanol–water partition coefficient (Wildman–Crippen LogP) is 3.26. The number of benzene rings is 1. The van der Waals surface area contributed by atoms with Crippen LogP contribution in [0.4, 0.5) is 0 Å². The summed E-state index contributed by atoms with van der Waals surface area (Å²) in [6.45, 7) is 1.93. The molecular formula is C14H16N2OS. The molecule has 0 saturated heterocycles. The van der Waals surface area contributed by atoms with Gasteiger partial charge in [-0.2, -0.15) is 0 Å². The molecule has 18 heavy (non-hydrogen) atoms. The van der Waals surface area contributed by atoms with E-state index in [1.54, 1.807) is 18.9 Å². The summed E-state index contributed by atoms with van der Waals surface area (Å²) >= 11 is 1.63. The van der Waals surface area contributed by atoms with Gasteiger partial charge < -0.3 is 10.5 Å². The highest BCUT2D eigenvalue weighted by Crippen LogP contribution is 2.34. The zero-order valence-electron chi connectivity index (χ0n) is 10.5. The maximum Gasteiger partial charge on any atom is 0.132 e. The van der Waals surface area contributed by atoms with Crippen molar-refractivity contribution in [1.29, 1.82) is 0 Å². The van der Waals surface area contributed by atoms with Crippen LogP contribution >= 0.6 is 11.8 Å². The van der Waals surface area contributed by atoms with Crippen molar-refractivity contribution in [1.82, 2.24) is 4.98 Å². The molecule has 0 radical (unpaired) electrons. The molecule has 1 aromatic heterocycles. The Kier molecular flexibility index (Phi) is 4.23. The Morgan fingerprint density at radius 3 is 2.61 bits per heavy atom. The quantitative estimate of drug-likeness (QED) is 0.916. The number of nitrogens with two attached hydrogens (primary N) is 1. The van der Waals surface area contributed by atoms with Crippen molar-refractivity contribution in [3.8, 4) is 5.75 Å². The number of pyridine rings is 1. The molecule has 94 valence electrons. The van der Waals surface area contributed by atoms with Crippen LogP contribution in [0.2, 0.25) is 0 Å². The van der Waals surface area contributed by atoms with Crippen molar-refractivity contribution < 1.29 is 4.74 Å². The van der Waals surface area contributed by atoms with Crippen molar-refractivity contribution in [2.24, 2.45) is 5.73 Å². The molecule has 2 N–H and O–H groups in total. The SMILES string of the molecule is COc1ccccc1Sc1ccc(C(C)N)nc1. The van der Waals surface area contributed by atoms with Crippen molar-refractivity contribution in [2.45, 2.75) is 22.8 Å². The van der Waals surface area contributed by atoms with Crippen LogP contribution in [0.3, 0.4) is 0 Å². The molecule has 0 fully saturated rings. The van der Waals surface area contributed by atoms with E-state index in [1.165, 1.54) is 0 Å². The van der Waals surface area contributed by atoms with Gasteiger partial charge in [-0.15, -0.1) is 0 Å². The fourth-order valence-electron chi connectivity index (χ4n) is 1.55. The molecule has 2 aromatic rings. The molecular weight excluding hydrogens is 244 g/mol. The van der Waals surface area contributed by atoms with Gasteiger partial charge >= 0.3 is 0 Å². The standard InChI is InChI=1S/C14H16N2OS/c1-10(15)12-8-7-11(9-16-12)18-14-6-4-3-5-13(14)17-2/h3-10H,15H2,1-2H3. The van der Waals surface area contributed by atoms with Gasteiger partial charge in [0.25, 0.3) is 0 Å². The Balaban J connectivity index is 2.18. The fraction of sp³-hybridized carbons (Fsp3) is 0.214. The molecule has 0 aliphatic heterocycles. The largest absolute Gasteiger partial charge is 0.496 e. The Hall–Kier alpha value is -1.52. The molecule has 0 aliphatic rings. The van der Waals surface area contributed by atoms with Gasteiger partial charge in [0.1, 0.15) is 5.75 Å². The van der Waals surface area contributed by atoms with Gasteiger partial charge in [-0.25, -0.2) is 0 Å². The summed E-state index contributed by atoms with van der Waals surface area (Å²) in [4.78, 5) is 6.50. The van der Waals surface area contributed by atoms with Gasteiger partial charge in [-0.1, -0.05) is 23.9 Å². The first kappa shape index (κ1) is 12.9. The molecule has 0 amide bonds. The third kappa shape index (κ3) is 3.03. The molecule has 0 spiro atoms. The Bertz CT molecular complexity index is 511. The average molecular weight is 260 g/mol. The number of nitrogens with zero attached hydrogens (tertiary/aromatic N) is 1. The summed E-state index contributed by atoms with van der Waals surface area (Å²) in [7, 11) is 1.68. The first-order chi connectivity index (χ1) is 8.70. The van der Waals surface area contributed by atoms with Crippen LogP contribution in [0.15, 0.2) is 52.4 Å². The number of ether oxygens (including phenoxy) is 1. The molecule has 0 aliphatic carbocycles. The maximum atomic E-state index is 5.77. The van der Waals surface area contributed by atoms with Crippen molar-refractivity contribution in [2.75, 3.05) is 7.11 Å². The van der Waals surface area contributed by atoms with Crippen LogP contribution in [-0.2, 0) is 0 Å². The number of para-hydroxylation sites is 1. The minimum absolute atomic E-state index is 0.0321. The minimum atomic E-state index is -0.0321. The Morgan fingerprint density at radius 1 is 1.22 bits per heavy atom. The van der Waals surface area contributed by atoms with Crippen LogP contribution in [0.25, 0.3) is 0 Å². The summed E-state index contributed by atoms with van der Waals surface area (Å²) in [6.07, 6.45) is 1.84. The molecule has 4 heteroatoms. The average Bonchev–Trinajstić information content (AvgIpc) is 2.40. The van der Waals surface area contributed by atoms with Gasteiger partial charge in [-0.05, 0) is 31.2 Å². The zero-order valence-corrected chi connectivity index (χ0v) is 11.3. The lowest BCUT2D eigenvalue weighted by molar-refractivity contribution is 0.405. The van der Waals surface area contributed by atoms with Crippen LogP contribution in [0.5, 0.6) is 5.75 Å². The number of rotatable bonds is 4. The smallest absolute Gasteiger partial charge is 0.132 e. The summed E-state index contributed by atoms with van der Waals surface area (Å²) in [5, 5.41) is 0. The summed E-state index contributed by atoms with van der Waals surface area (Å²) < 4.78 is 5.32. The van der Waals surface area contributed by atoms with Gasteiger partial charge in [0, 0.05) is 17.1 Å². The van der Waals surface area contributed by atoms with E-state index in [4.69, 9.17) is 10.5 Å². The van der Waals surface area contributed by atoms with Crippen LogP contribution in [0.1, 0.15) is 18.7 Å². The van der Waals surface area contributed by atoms with E-state index in [9.17, 15) is 0 Å². The highest BCUT2D eigenvalue weighted by Gasteiger charge is 2.05. The monoisotopic (exact) mass is 260 g/mol. The van der Waals surface area contributed by atoms with Crippen molar-refractivity contribution in [3.05, 3.63) is 48.3 Å². The first-order valence-corrected chi connectivity index (χ1v) is 6.54. The molecule has 0 saturated carbocycles. The zero-order chi connectivity index (χ0) is 13.0. The number of hydrogen-bond acceptors (Lipinski definition) is 4. The summed E-state index contributed by atoms with van der Waals surface area (Å²) in [5.41, 5.74) is 6.67. The van der Waals surface area contributed by atoms with Gasteiger partial charge in [0.2, 0.25) is 0 Å². The third-order valence-electron chi connectivity index (χ3n) is 2.52. The van der Waals surface area contributed by atoms with Crippen LogP contribution in [0, 0.1) is 0 Å². The summed E-state index contributed by atoms with van der Waals surface area (Å²) in [5.74, 6) is 0.874. The van der Waals surface area contributed by atoms with E-state index in [-0.39, 0.29) is 6.04 Å². The second-order valence-corrected chi connectivity index (χ2v) is 5.08. The number of methoxy groups -OCH3 is 1. The topological polar surface area (TPSA) is 48.1 Å². The normalized spacial score (nSPS) is 12.2. The third-order valence-corrected chi connectivity index (χ3v) is 3.56. The van der Waals surface area contributed by atoms with Crippen LogP contribution < -0.4 is 10.5 Å². The van der Waals surface area contributed by atoms with E-state index >= 15 is 0 Å². The first-order valence-electron chi connectivity index (χ1n) is 5.73. The predicted molar refractivity (Wildman–Crippen MR) is 74.0 cm³/mol. The number of hydrogen-bond donors (Lipinski definition) is 1. The van der Waals surface area contributed by atoms with Crippen molar-refractivity contribution >= 4 is 11.8 Å². The number of aromatic nitrogens is 1. The molecule has 1 atom stereocenters. The molecule has 1 aromatic carbocycles. The van der Waals surface area contributed by atoms with Gasteiger partial charge in [0.05, 0.1) is 17.7 Å². The van der Waals surface area contributed by atoms with E-state index in [0.717, 1.165) is 21.2 Å². The maximum absolute atomic E-state index is 5.77. The molecule has 3 nitrogen and oxygen atoms in total. The summed E-state index contributed by atoms with van der Waals surface area (Å²) in [6, 6.07) is 11.9. The molecule has 1 unspecified atom stereocenters. The minimum Gasteiger partial charge on any atom is -0.496 e. The fourth-order valence-corrected chi connectivity index (χ4v) is 2.45. The molecule has 0 bridgehead atoms. The molecule has 2 rings (SSSR count). The van der Waals surface area contributed by atoms with Crippen LogP contribution in [-0.4, -0.2) is 12.1 Å². The second kappa shape index (κ2) is 5.89. The van der Waals surface area contributed by atoms with E-state index in [2.05, 4.69) is 4.98 Å². The van der Waals surface area contributed by atoms with Gasteiger partial charge in [-0.3, -0.25) is 4.98 Å². The highest BCUT2D eigenvalue weighted by atomic mass is 32.2. The van der Waals surface area contributed by atoms with E-state index in [0.29, 0.717) is 0 Å². The second-order valence-electron chi connectivity index (χ2n) is 3.96. The molecule has 1 heterocycles. The lowest BCUT2D eigenvalue weighted by Crippen LogP contribution is -2.06.